The zero-order valence-corrected chi connectivity index (χ0v) is 5.80. The monoisotopic (exact) mass is 137 g/mol. The van der Waals surface area contributed by atoms with Crippen molar-refractivity contribution in [2.45, 2.75) is 6.92 Å². The third kappa shape index (κ3) is 0.935. The van der Waals surface area contributed by atoms with Gasteiger partial charge in [-0.3, -0.25) is 0 Å². The second kappa shape index (κ2) is 2.40. The van der Waals surface area contributed by atoms with Crippen LogP contribution in [0, 0.1) is 18.3 Å². The molecular weight excluding hydrogens is 130 g/mol. The lowest BCUT2D eigenvalue weighted by atomic mass is 10.5. The maximum atomic E-state index is 8.45. The number of nitriles is 1. The predicted octanol–water partition coefficient (Wildman–Crippen LogP) is 0.896. The molecule has 1 aromatic rings. The quantitative estimate of drug-likeness (QED) is 0.624. The molecule has 1 aromatic heterocycles. The fourth-order valence-corrected chi connectivity index (χ4v) is 0.672. The minimum absolute atomic E-state index is 0.306. The average Bonchev–Trinajstić information content (AvgIpc) is 2.30. The molecule has 0 fully saturated rings. The number of aryl methyl sites for hydroxylation is 1. The number of hydrogen-bond donors (Lipinski definition) is 1. The van der Waals surface area contributed by atoms with Crippen molar-refractivity contribution in [2.24, 2.45) is 0 Å². The molecule has 0 saturated heterocycles. The number of nitrogens with one attached hydrogen (secondary N) is 1. The molecule has 52 valence electrons. The zero-order chi connectivity index (χ0) is 7.56. The van der Waals surface area contributed by atoms with Gasteiger partial charge in [-0.15, -0.1) is 0 Å². The van der Waals surface area contributed by atoms with Crippen LogP contribution in [-0.2, 0) is 0 Å². The van der Waals surface area contributed by atoms with Crippen LogP contribution >= 0.6 is 0 Å². The summed E-state index contributed by atoms with van der Waals surface area (Å²) in [5.74, 6) is 0.931. The Morgan fingerprint density at radius 2 is 2.40 bits per heavy atom. The summed E-state index contributed by atoms with van der Waals surface area (Å²) in [6.45, 7) is 1.70. The van der Waals surface area contributed by atoms with Crippen molar-refractivity contribution < 1.29 is 4.42 Å². The lowest BCUT2D eigenvalue weighted by molar-refractivity contribution is 0.535. The molecule has 1 rings (SSSR count). The zero-order valence-electron chi connectivity index (χ0n) is 5.80. The number of aromatic nitrogens is 1. The molecule has 0 saturated carbocycles. The predicted molar refractivity (Wildman–Crippen MR) is 35.5 cm³/mol. The molecule has 0 spiro atoms. The molecule has 4 heteroatoms. The summed E-state index contributed by atoms with van der Waals surface area (Å²) in [5, 5.41) is 11.2. The summed E-state index contributed by atoms with van der Waals surface area (Å²) in [4.78, 5) is 3.81. The van der Waals surface area contributed by atoms with E-state index in [1.54, 1.807) is 14.0 Å². The number of rotatable bonds is 1. The summed E-state index contributed by atoms with van der Waals surface area (Å²) < 4.78 is 5.01. The second-order valence-electron chi connectivity index (χ2n) is 1.77. The van der Waals surface area contributed by atoms with Crippen LogP contribution in [0.25, 0.3) is 0 Å². The average molecular weight is 137 g/mol. The normalized spacial score (nSPS) is 8.90. The number of hydrogen-bond acceptors (Lipinski definition) is 4. The number of anilines is 1. The fraction of sp³-hybridized carbons (Fsp3) is 0.333. The van der Waals surface area contributed by atoms with Gasteiger partial charge < -0.3 is 9.73 Å². The van der Waals surface area contributed by atoms with Crippen molar-refractivity contribution in [3.63, 3.8) is 0 Å². The van der Waals surface area contributed by atoms with Gasteiger partial charge in [0.1, 0.15) is 6.07 Å². The van der Waals surface area contributed by atoms with Crippen LogP contribution in [0.1, 0.15) is 11.6 Å². The first-order chi connectivity index (χ1) is 4.77. The van der Waals surface area contributed by atoms with Crippen molar-refractivity contribution in [1.82, 2.24) is 4.98 Å². The Bertz CT molecular complexity index is 271. The van der Waals surface area contributed by atoms with E-state index >= 15 is 0 Å². The molecule has 0 unspecified atom stereocenters. The molecule has 0 atom stereocenters. The number of nitrogens with zero attached hydrogens (tertiary/aromatic N) is 2. The van der Waals surface area contributed by atoms with Crippen molar-refractivity contribution in [3.05, 3.63) is 11.6 Å². The van der Waals surface area contributed by atoms with E-state index in [-0.39, 0.29) is 0 Å². The molecule has 0 aliphatic carbocycles. The van der Waals surface area contributed by atoms with E-state index in [1.165, 1.54) is 0 Å². The minimum atomic E-state index is 0.306. The Kier molecular flexibility index (Phi) is 1.59. The van der Waals surface area contributed by atoms with E-state index in [1.807, 2.05) is 6.07 Å². The smallest absolute Gasteiger partial charge is 0.231 e. The molecular formula is C6H7N3O. The van der Waals surface area contributed by atoms with E-state index in [4.69, 9.17) is 9.68 Å². The summed E-state index contributed by atoms with van der Waals surface area (Å²) in [5.41, 5.74) is 0.306. The van der Waals surface area contributed by atoms with Crippen LogP contribution in [-0.4, -0.2) is 12.0 Å². The number of oxazole rings is 1. The summed E-state index contributed by atoms with van der Waals surface area (Å²) in [6.07, 6.45) is 0. The molecule has 0 radical (unpaired) electrons. The first-order valence-electron chi connectivity index (χ1n) is 2.83. The molecule has 0 amide bonds. The van der Waals surface area contributed by atoms with E-state index < -0.39 is 0 Å². The summed E-state index contributed by atoms with van der Waals surface area (Å²) in [6, 6.07) is 1.90. The topological polar surface area (TPSA) is 61.9 Å². The van der Waals surface area contributed by atoms with E-state index in [0.717, 1.165) is 0 Å². The Morgan fingerprint density at radius 3 is 2.80 bits per heavy atom. The van der Waals surface area contributed by atoms with Gasteiger partial charge in [-0.2, -0.15) is 5.26 Å². The van der Waals surface area contributed by atoms with Crippen LogP contribution in [0.3, 0.4) is 0 Å². The third-order valence-corrected chi connectivity index (χ3v) is 1.07. The van der Waals surface area contributed by atoms with Crippen LogP contribution in [0.4, 0.5) is 5.88 Å². The van der Waals surface area contributed by atoms with Gasteiger partial charge in [-0.25, -0.2) is 4.98 Å². The van der Waals surface area contributed by atoms with Gasteiger partial charge in [0.2, 0.25) is 11.6 Å². The largest absolute Gasteiger partial charge is 0.424 e. The summed E-state index contributed by atoms with van der Waals surface area (Å²) >= 11 is 0. The molecule has 1 N–H and O–H groups in total. The molecule has 1 heterocycles. The lowest BCUT2D eigenvalue weighted by Crippen LogP contribution is -1.87. The highest BCUT2D eigenvalue weighted by Gasteiger charge is 2.06. The maximum Gasteiger partial charge on any atom is 0.231 e. The van der Waals surface area contributed by atoms with Crippen molar-refractivity contribution in [2.75, 3.05) is 12.4 Å². The van der Waals surface area contributed by atoms with Crippen molar-refractivity contribution >= 4 is 5.88 Å². The van der Waals surface area contributed by atoms with Crippen molar-refractivity contribution in [3.8, 4) is 6.07 Å². The van der Waals surface area contributed by atoms with E-state index in [9.17, 15) is 0 Å². The van der Waals surface area contributed by atoms with Gasteiger partial charge in [0.25, 0.3) is 0 Å². The molecule has 0 aliphatic heterocycles. The van der Waals surface area contributed by atoms with Gasteiger partial charge in [0.05, 0.1) is 0 Å². The maximum absolute atomic E-state index is 8.45. The van der Waals surface area contributed by atoms with Gasteiger partial charge in [-0.05, 0) is 0 Å². The van der Waals surface area contributed by atoms with E-state index in [2.05, 4.69) is 10.3 Å². The molecule has 10 heavy (non-hydrogen) atoms. The van der Waals surface area contributed by atoms with E-state index in [0.29, 0.717) is 17.5 Å². The van der Waals surface area contributed by atoms with Crippen LogP contribution in [0.15, 0.2) is 4.42 Å². The first-order valence-corrected chi connectivity index (χ1v) is 2.83. The summed E-state index contributed by atoms with van der Waals surface area (Å²) in [7, 11) is 1.68. The SMILES string of the molecule is CNc1oc(C)nc1C#N. The molecule has 0 aliphatic rings. The molecule has 0 bridgehead atoms. The minimum Gasteiger partial charge on any atom is -0.424 e. The van der Waals surface area contributed by atoms with Crippen molar-refractivity contribution in [1.29, 1.82) is 5.26 Å². The Morgan fingerprint density at radius 1 is 1.70 bits per heavy atom. The van der Waals surface area contributed by atoms with Gasteiger partial charge in [0.15, 0.2) is 5.89 Å². The molecule has 4 nitrogen and oxygen atoms in total. The van der Waals surface area contributed by atoms with Crippen LogP contribution in [0.2, 0.25) is 0 Å². The van der Waals surface area contributed by atoms with Gasteiger partial charge in [-0.1, -0.05) is 0 Å². The second-order valence-corrected chi connectivity index (χ2v) is 1.77. The van der Waals surface area contributed by atoms with Crippen LogP contribution < -0.4 is 5.32 Å². The highest BCUT2D eigenvalue weighted by atomic mass is 16.4. The first kappa shape index (κ1) is 6.62. The Hall–Kier alpha value is -1.50. The third-order valence-electron chi connectivity index (χ3n) is 1.07. The Balaban J connectivity index is 3.12. The van der Waals surface area contributed by atoms with Gasteiger partial charge in [0, 0.05) is 14.0 Å². The Labute approximate surface area is 58.5 Å². The lowest BCUT2D eigenvalue weighted by Gasteiger charge is -1.88. The standard InChI is InChI=1S/C6H7N3O/c1-4-9-5(3-7)6(8-2)10-4/h8H,1-2H3. The van der Waals surface area contributed by atoms with Gasteiger partial charge >= 0.3 is 0 Å². The highest BCUT2D eigenvalue weighted by molar-refractivity contribution is 5.44. The van der Waals surface area contributed by atoms with Crippen LogP contribution in [0.5, 0.6) is 0 Å². The molecule has 0 aromatic carbocycles. The highest BCUT2D eigenvalue weighted by Crippen LogP contribution is 2.13. The fourth-order valence-electron chi connectivity index (χ4n) is 0.672.